The van der Waals surface area contributed by atoms with Crippen molar-refractivity contribution in [3.05, 3.63) is 11.7 Å². The van der Waals surface area contributed by atoms with Crippen molar-refractivity contribution in [2.45, 2.75) is 39.7 Å². The average Bonchev–Trinajstić information content (AvgIpc) is 2.52. The molecule has 0 bridgehead atoms. The lowest BCUT2D eigenvalue weighted by molar-refractivity contribution is 0.271. The van der Waals surface area contributed by atoms with E-state index in [9.17, 15) is 0 Å². The van der Waals surface area contributed by atoms with Crippen LogP contribution >= 0.6 is 0 Å². The van der Waals surface area contributed by atoms with Gasteiger partial charge in [0.2, 0.25) is 5.89 Å². The number of rotatable bonds is 4. The highest BCUT2D eigenvalue weighted by Gasteiger charge is 2.25. The Morgan fingerprint density at radius 3 is 2.54 bits per heavy atom. The molecule has 1 heterocycles. The second-order valence-corrected chi connectivity index (χ2v) is 3.52. The molecule has 0 spiro atoms. The van der Waals surface area contributed by atoms with Crippen molar-refractivity contribution in [1.82, 2.24) is 15.5 Å². The number of nitrogens with one attached hydrogen (secondary N) is 1. The van der Waals surface area contributed by atoms with Crippen molar-refractivity contribution >= 4 is 0 Å². The first kappa shape index (κ1) is 10.2. The normalized spacial score (nSPS) is 12.0. The third kappa shape index (κ3) is 2.28. The smallest absolute Gasteiger partial charge is 0.246 e. The van der Waals surface area contributed by atoms with Gasteiger partial charge in [0.15, 0.2) is 5.82 Å². The molecular formula is C9H17N3O. The molecule has 0 amide bonds. The van der Waals surface area contributed by atoms with Crippen molar-refractivity contribution in [2.75, 3.05) is 6.54 Å². The molecule has 0 aliphatic carbocycles. The summed E-state index contributed by atoms with van der Waals surface area (Å²) in [5, 5.41) is 7.14. The summed E-state index contributed by atoms with van der Waals surface area (Å²) in [5.41, 5.74) is -0.227. The largest absolute Gasteiger partial charge is 0.337 e. The number of aryl methyl sites for hydroxylation is 1. The molecular weight excluding hydrogens is 166 g/mol. The highest BCUT2D eigenvalue weighted by molar-refractivity contribution is 4.98. The summed E-state index contributed by atoms with van der Waals surface area (Å²) in [4.78, 5) is 4.28. The lowest BCUT2D eigenvalue weighted by atomic mass is 10.1. The first-order valence-electron chi connectivity index (χ1n) is 4.68. The predicted octanol–water partition coefficient (Wildman–Crippen LogP) is 1.48. The number of hydrogen-bond acceptors (Lipinski definition) is 4. The van der Waals surface area contributed by atoms with Gasteiger partial charge in [0.05, 0.1) is 5.54 Å². The highest BCUT2D eigenvalue weighted by Crippen LogP contribution is 2.17. The second-order valence-electron chi connectivity index (χ2n) is 3.52. The van der Waals surface area contributed by atoms with Crippen LogP contribution in [0.15, 0.2) is 4.52 Å². The van der Waals surface area contributed by atoms with Crippen molar-refractivity contribution < 1.29 is 4.52 Å². The zero-order chi connectivity index (χ0) is 9.90. The van der Waals surface area contributed by atoms with Crippen LogP contribution in [0.1, 0.15) is 39.4 Å². The Balaban J connectivity index is 2.80. The number of hydrogen-bond donors (Lipinski definition) is 1. The van der Waals surface area contributed by atoms with E-state index < -0.39 is 0 Å². The molecule has 0 atom stereocenters. The molecule has 0 radical (unpaired) electrons. The zero-order valence-electron chi connectivity index (χ0n) is 8.72. The average molecular weight is 183 g/mol. The second kappa shape index (κ2) is 3.87. The first-order valence-corrected chi connectivity index (χ1v) is 4.68. The Bertz CT molecular complexity index is 268. The SMILES string of the molecule is CCNC(C)(C)c1nc(CC)no1. The van der Waals surface area contributed by atoms with Crippen LogP contribution in [-0.4, -0.2) is 16.7 Å². The number of aromatic nitrogens is 2. The topological polar surface area (TPSA) is 51.0 Å². The Hall–Kier alpha value is -0.900. The Labute approximate surface area is 78.7 Å². The summed E-state index contributed by atoms with van der Waals surface area (Å²) < 4.78 is 5.15. The van der Waals surface area contributed by atoms with Crippen LogP contribution in [-0.2, 0) is 12.0 Å². The monoisotopic (exact) mass is 183 g/mol. The van der Waals surface area contributed by atoms with Crippen LogP contribution in [0.25, 0.3) is 0 Å². The van der Waals surface area contributed by atoms with E-state index in [1.807, 2.05) is 20.8 Å². The van der Waals surface area contributed by atoms with Crippen LogP contribution in [0, 0.1) is 0 Å². The molecule has 74 valence electrons. The Morgan fingerprint density at radius 2 is 2.08 bits per heavy atom. The van der Waals surface area contributed by atoms with Gasteiger partial charge in [-0.1, -0.05) is 19.0 Å². The summed E-state index contributed by atoms with van der Waals surface area (Å²) in [6.07, 6.45) is 0.811. The van der Waals surface area contributed by atoms with Gasteiger partial charge in [0.25, 0.3) is 0 Å². The molecule has 4 heteroatoms. The van der Waals surface area contributed by atoms with Crippen LogP contribution in [0.5, 0.6) is 0 Å². The molecule has 0 aromatic carbocycles. The van der Waals surface area contributed by atoms with Crippen LogP contribution in [0.2, 0.25) is 0 Å². The predicted molar refractivity (Wildman–Crippen MR) is 50.4 cm³/mol. The zero-order valence-corrected chi connectivity index (χ0v) is 8.72. The van der Waals surface area contributed by atoms with Crippen LogP contribution in [0.3, 0.4) is 0 Å². The van der Waals surface area contributed by atoms with Crippen molar-refractivity contribution in [3.8, 4) is 0 Å². The minimum Gasteiger partial charge on any atom is -0.337 e. The molecule has 4 nitrogen and oxygen atoms in total. The lowest BCUT2D eigenvalue weighted by Gasteiger charge is -2.20. The summed E-state index contributed by atoms with van der Waals surface area (Å²) in [6, 6.07) is 0. The van der Waals surface area contributed by atoms with Crippen molar-refractivity contribution in [2.24, 2.45) is 0 Å². The Kier molecular flexibility index (Phi) is 3.03. The third-order valence-corrected chi connectivity index (χ3v) is 1.94. The molecule has 13 heavy (non-hydrogen) atoms. The van der Waals surface area contributed by atoms with Gasteiger partial charge in [0.1, 0.15) is 0 Å². The fraction of sp³-hybridized carbons (Fsp3) is 0.778. The molecule has 0 saturated carbocycles. The van der Waals surface area contributed by atoms with Gasteiger partial charge in [0, 0.05) is 6.42 Å². The molecule has 0 aliphatic rings. The van der Waals surface area contributed by atoms with E-state index in [1.54, 1.807) is 0 Å². The molecule has 1 aromatic heterocycles. The standard InChI is InChI=1S/C9H17N3O/c1-5-7-11-8(13-12-7)9(3,4)10-6-2/h10H,5-6H2,1-4H3. The van der Waals surface area contributed by atoms with E-state index in [4.69, 9.17) is 4.52 Å². The first-order chi connectivity index (χ1) is 6.10. The quantitative estimate of drug-likeness (QED) is 0.768. The van der Waals surface area contributed by atoms with Gasteiger partial charge in [-0.2, -0.15) is 4.98 Å². The van der Waals surface area contributed by atoms with E-state index in [0.717, 1.165) is 18.8 Å². The van der Waals surface area contributed by atoms with E-state index >= 15 is 0 Å². The molecule has 1 N–H and O–H groups in total. The van der Waals surface area contributed by atoms with Crippen LogP contribution in [0.4, 0.5) is 0 Å². The van der Waals surface area contributed by atoms with Gasteiger partial charge in [-0.05, 0) is 20.4 Å². The number of nitrogens with zero attached hydrogens (tertiary/aromatic N) is 2. The minimum atomic E-state index is -0.227. The van der Waals surface area contributed by atoms with Gasteiger partial charge in [-0.15, -0.1) is 0 Å². The fourth-order valence-electron chi connectivity index (χ4n) is 1.17. The highest BCUT2D eigenvalue weighted by atomic mass is 16.5. The molecule has 0 fully saturated rings. The molecule has 0 unspecified atom stereocenters. The maximum Gasteiger partial charge on any atom is 0.246 e. The van der Waals surface area contributed by atoms with Crippen molar-refractivity contribution in [3.63, 3.8) is 0 Å². The van der Waals surface area contributed by atoms with E-state index in [0.29, 0.717) is 5.89 Å². The van der Waals surface area contributed by atoms with E-state index in [1.165, 1.54) is 0 Å². The summed E-state index contributed by atoms with van der Waals surface area (Å²) in [7, 11) is 0. The summed E-state index contributed by atoms with van der Waals surface area (Å²) >= 11 is 0. The van der Waals surface area contributed by atoms with Gasteiger partial charge < -0.3 is 9.84 Å². The van der Waals surface area contributed by atoms with E-state index in [-0.39, 0.29) is 5.54 Å². The summed E-state index contributed by atoms with van der Waals surface area (Å²) in [6.45, 7) is 9.01. The summed E-state index contributed by atoms with van der Waals surface area (Å²) in [5.74, 6) is 1.42. The molecule has 1 rings (SSSR count). The van der Waals surface area contributed by atoms with Crippen LogP contribution < -0.4 is 5.32 Å². The third-order valence-electron chi connectivity index (χ3n) is 1.94. The molecule has 1 aromatic rings. The maximum absolute atomic E-state index is 5.15. The maximum atomic E-state index is 5.15. The van der Waals surface area contributed by atoms with Gasteiger partial charge in [-0.3, -0.25) is 0 Å². The Morgan fingerprint density at radius 1 is 1.38 bits per heavy atom. The van der Waals surface area contributed by atoms with Crippen molar-refractivity contribution in [1.29, 1.82) is 0 Å². The minimum absolute atomic E-state index is 0.227. The van der Waals surface area contributed by atoms with Gasteiger partial charge in [-0.25, -0.2) is 0 Å². The lowest BCUT2D eigenvalue weighted by Crippen LogP contribution is -2.36. The van der Waals surface area contributed by atoms with E-state index in [2.05, 4.69) is 22.4 Å². The molecule has 0 saturated heterocycles. The molecule has 0 aliphatic heterocycles. The fourth-order valence-corrected chi connectivity index (χ4v) is 1.17. The van der Waals surface area contributed by atoms with Gasteiger partial charge >= 0.3 is 0 Å².